The van der Waals surface area contributed by atoms with Crippen LogP contribution in [0.1, 0.15) is 57.6 Å². The number of rotatable bonds is 8. The maximum absolute atomic E-state index is 13.9. The van der Waals surface area contributed by atoms with Crippen molar-refractivity contribution in [2.75, 3.05) is 13.7 Å². The molecule has 8 heteroatoms. The lowest BCUT2D eigenvalue weighted by Crippen LogP contribution is -2.36. The van der Waals surface area contributed by atoms with Crippen molar-refractivity contribution in [3.05, 3.63) is 58.6 Å². The normalized spacial score (nSPS) is 16.2. The van der Waals surface area contributed by atoms with E-state index in [9.17, 15) is 18.8 Å². The number of nitrogens with zero attached hydrogens (tertiary/aromatic N) is 1. The Morgan fingerprint density at radius 2 is 1.91 bits per heavy atom. The average Bonchev–Trinajstić information content (AvgIpc) is 3.29. The maximum Gasteiger partial charge on any atom is 0.322 e. The Bertz CT molecular complexity index is 927. The number of carbonyl (C=O) groups excluding carboxylic acids is 3. The molecule has 1 aromatic carbocycles. The second-order valence-electron chi connectivity index (χ2n) is 8.68. The van der Waals surface area contributed by atoms with Crippen LogP contribution in [0.4, 0.5) is 9.18 Å². The summed E-state index contributed by atoms with van der Waals surface area (Å²) in [5.41, 5.74) is 3.62. The fraction of sp³-hybridized carbons (Fsp3) is 0.500. The summed E-state index contributed by atoms with van der Waals surface area (Å²) in [5, 5.41) is 5.59. The van der Waals surface area contributed by atoms with E-state index >= 15 is 0 Å². The van der Waals surface area contributed by atoms with Crippen LogP contribution in [0, 0.1) is 11.7 Å². The molecule has 0 unspecified atom stereocenters. The zero-order valence-corrected chi connectivity index (χ0v) is 20.5. The van der Waals surface area contributed by atoms with Crippen molar-refractivity contribution in [3.63, 3.8) is 0 Å². The summed E-state index contributed by atoms with van der Waals surface area (Å²) in [5.74, 6) is -0.495. The van der Waals surface area contributed by atoms with Crippen molar-refractivity contribution in [2.45, 2.75) is 65.6 Å². The van der Waals surface area contributed by atoms with E-state index in [2.05, 4.69) is 28.4 Å². The molecule has 2 N–H and O–H groups in total. The lowest BCUT2D eigenvalue weighted by Gasteiger charge is -2.23. The number of hydrogen-bond acceptors (Lipinski definition) is 4. The zero-order chi connectivity index (χ0) is 25.1. The molecule has 1 aliphatic heterocycles. The second-order valence-corrected chi connectivity index (χ2v) is 8.68. The summed E-state index contributed by atoms with van der Waals surface area (Å²) in [7, 11) is 1.68. The summed E-state index contributed by atoms with van der Waals surface area (Å²) >= 11 is 0. The minimum atomic E-state index is -0.584. The van der Waals surface area contributed by atoms with E-state index in [1.807, 2.05) is 26.0 Å². The van der Waals surface area contributed by atoms with Gasteiger partial charge in [0.15, 0.2) is 0 Å². The lowest BCUT2D eigenvalue weighted by molar-refractivity contribution is -0.131. The Kier molecular flexibility index (Phi) is 10.9. The second kappa shape index (κ2) is 13.6. The van der Waals surface area contributed by atoms with E-state index in [1.54, 1.807) is 18.1 Å². The third-order valence-electron chi connectivity index (χ3n) is 6.11. The molecule has 1 aromatic rings. The number of methoxy groups -OCH3 is 1. The maximum atomic E-state index is 13.9. The van der Waals surface area contributed by atoms with E-state index < -0.39 is 5.91 Å². The highest BCUT2D eigenvalue weighted by Crippen LogP contribution is 2.28. The Hall–Kier alpha value is -3.00. The minimum Gasteiger partial charge on any atom is -0.385 e. The standard InChI is InChI=1S/C23H28FN3O3.C3H8O/c1-15(6-7-16(2)25-22(29)14-28)17-8-10-19(11-9-17)26-23(30)27-12-18-4-3-5-21(24)20(18)13-27;1-3-4-2/h3-5,8,10,14-16H,6-7,9,11-13H2,1-2H3,(H,25,29)(H,26,30);3H2,1-2H3/t15-,16+;/m0./s1. The van der Waals surface area contributed by atoms with Crippen molar-refractivity contribution in [1.29, 1.82) is 0 Å². The summed E-state index contributed by atoms with van der Waals surface area (Å²) in [4.78, 5) is 35.7. The van der Waals surface area contributed by atoms with Crippen LogP contribution in [0.2, 0.25) is 0 Å². The Balaban J connectivity index is 0.000000945. The number of ether oxygens (including phenoxy) is 1. The molecule has 2 aliphatic rings. The Morgan fingerprint density at radius 1 is 1.18 bits per heavy atom. The Labute approximate surface area is 201 Å². The first-order chi connectivity index (χ1) is 16.3. The van der Waals surface area contributed by atoms with Gasteiger partial charge >= 0.3 is 6.03 Å². The molecule has 0 saturated heterocycles. The topological polar surface area (TPSA) is 87.7 Å². The predicted molar refractivity (Wildman–Crippen MR) is 129 cm³/mol. The van der Waals surface area contributed by atoms with Crippen LogP contribution in [0.15, 0.2) is 41.6 Å². The molecule has 3 amide bonds. The van der Waals surface area contributed by atoms with Crippen LogP contribution in [-0.4, -0.2) is 42.9 Å². The SMILES string of the molecule is CCOC.C[C@H](CC[C@H](C)C1=CC=C(NC(=O)N2Cc3cccc(F)c3C2)CC1)NC(=O)C=O. The van der Waals surface area contributed by atoms with Gasteiger partial charge in [-0.25, -0.2) is 9.18 Å². The zero-order valence-electron chi connectivity index (χ0n) is 20.5. The molecule has 0 saturated carbocycles. The monoisotopic (exact) mass is 473 g/mol. The number of benzene rings is 1. The Morgan fingerprint density at radius 3 is 2.50 bits per heavy atom. The van der Waals surface area contributed by atoms with Gasteiger partial charge in [0, 0.05) is 37.6 Å². The fourth-order valence-corrected chi connectivity index (χ4v) is 3.94. The molecular weight excluding hydrogens is 437 g/mol. The molecule has 1 heterocycles. The van der Waals surface area contributed by atoms with Gasteiger partial charge in [-0.2, -0.15) is 0 Å². The molecule has 0 aromatic heterocycles. The average molecular weight is 474 g/mol. The summed E-state index contributed by atoms with van der Waals surface area (Å²) in [6.07, 6.45) is 7.58. The number of hydrogen-bond donors (Lipinski definition) is 2. The van der Waals surface area contributed by atoms with Gasteiger partial charge in [0.1, 0.15) is 5.82 Å². The van der Waals surface area contributed by atoms with Crippen LogP contribution < -0.4 is 10.6 Å². The quantitative estimate of drug-likeness (QED) is 0.437. The lowest BCUT2D eigenvalue weighted by atomic mass is 9.88. The first-order valence-corrected chi connectivity index (χ1v) is 11.7. The van der Waals surface area contributed by atoms with Crippen molar-refractivity contribution < 1.29 is 23.5 Å². The number of urea groups is 1. The smallest absolute Gasteiger partial charge is 0.322 e. The van der Waals surface area contributed by atoms with Crippen molar-refractivity contribution >= 4 is 18.2 Å². The summed E-state index contributed by atoms with van der Waals surface area (Å²) < 4.78 is 18.4. The van der Waals surface area contributed by atoms with E-state index in [0.29, 0.717) is 24.3 Å². The van der Waals surface area contributed by atoms with Gasteiger partial charge in [-0.3, -0.25) is 9.59 Å². The van der Waals surface area contributed by atoms with Crippen LogP contribution in [0.5, 0.6) is 0 Å². The summed E-state index contributed by atoms with van der Waals surface area (Å²) in [6.45, 7) is 7.52. The molecule has 1 aliphatic carbocycles. The van der Waals surface area contributed by atoms with Crippen molar-refractivity contribution in [1.82, 2.24) is 15.5 Å². The fourth-order valence-electron chi connectivity index (χ4n) is 3.94. The first kappa shape index (κ1) is 27.2. The minimum absolute atomic E-state index is 0.0471. The molecule has 2 atom stereocenters. The van der Waals surface area contributed by atoms with Crippen LogP contribution in [0.3, 0.4) is 0 Å². The van der Waals surface area contributed by atoms with Crippen molar-refractivity contribution in [3.8, 4) is 0 Å². The van der Waals surface area contributed by atoms with Crippen LogP contribution in [0.25, 0.3) is 0 Å². The molecule has 0 bridgehead atoms. The molecule has 0 spiro atoms. The summed E-state index contributed by atoms with van der Waals surface area (Å²) in [6, 6.07) is 4.70. The van der Waals surface area contributed by atoms with Gasteiger partial charge in [0.2, 0.25) is 6.29 Å². The molecule has 3 rings (SSSR count). The van der Waals surface area contributed by atoms with Gasteiger partial charge in [0.05, 0.1) is 6.54 Å². The highest BCUT2D eigenvalue weighted by Gasteiger charge is 2.26. The van der Waals surface area contributed by atoms with Crippen molar-refractivity contribution in [2.24, 2.45) is 5.92 Å². The van der Waals surface area contributed by atoms with Gasteiger partial charge in [-0.05, 0) is 63.2 Å². The van der Waals surface area contributed by atoms with E-state index in [1.165, 1.54) is 11.6 Å². The van der Waals surface area contributed by atoms with Crippen LogP contribution >= 0.6 is 0 Å². The molecule has 34 heavy (non-hydrogen) atoms. The molecule has 0 radical (unpaired) electrons. The largest absolute Gasteiger partial charge is 0.385 e. The molecular formula is C26H36FN3O4. The number of carbonyl (C=O) groups is 3. The van der Waals surface area contributed by atoms with E-state index in [-0.39, 0.29) is 24.4 Å². The number of allylic oxidation sites excluding steroid dienone is 4. The number of fused-ring (bicyclic) bond motifs is 1. The van der Waals surface area contributed by atoms with Gasteiger partial charge in [-0.1, -0.05) is 30.7 Å². The molecule has 7 nitrogen and oxygen atoms in total. The number of amides is 3. The first-order valence-electron chi connectivity index (χ1n) is 11.7. The highest BCUT2D eigenvalue weighted by atomic mass is 19.1. The van der Waals surface area contributed by atoms with E-state index in [4.69, 9.17) is 0 Å². The number of aldehydes is 1. The third kappa shape index (κ3) is 8.09. The van der Waals surface area contributed by atoms with Crippen LogP contribution in [-0.2, 0) is 27.4 Å². The highest BCUT2D eigenvalue weighted by molar-refractivity contribution is 6.23. The van der Waals surface area contributed by atoms with E-state index in [0.717, 1.165) is 43.6 Å². The third-order valence-corrected chi connectivity index (χ3v) is 6.11. The number of halogens is 1. The van der Waals surface area contributed by atoms with Gasteiger partial charge in [-0.15, -0.1) is 0 Å². The predicted octanol–water partition coefficient (Wildman–Crippen LogP) is 4.23. The van der Waals surface area contributed by atoms with Gasteiger partial charge < -0.3 is 20.3 Å². The van der Waals surface area contributed by atoms with Gasteiger partial charge in [0.25, 0.3) is 5.91 Å². The molecule has 0 fully saturated rings. The molecule has 186 valence electrons. The number of nitrogens with one attached hydrogen (secondary N) is 2.